The van der Waals surface area contributed by atoms with Gasteiger partial charge in [0.1, 0.15) is 35.5 Å². The number of β-amino-alcohol motifs (C(OH)–C–C–N with tert-alkyl or cyclic N) is 1. The van der Waals surface area contributed by atoms with Crippen molar-refractivity contribution in [2.45, 2.75) is 88.2 Å². The highest BCUT2D eigenvalue weighted by atomic mass is 16.6. The van der Waals surface area contributed by atoms with Crippen molar-refractivity contribution >= 4 is 23.8 Å². The summed E-state index contributed by atoms with van der Waals surface area (Å²) in [6, 6.07) is 33.3. The topological polar surface area (TPSA) is 150 Å². The predicted octanol–water partition coefficient (Wildman–Crippen LogP) is 7.13. The van der Waals surface area contributed by atoms with Crippen molar-refractivity contribution in [3.8, 4) is 11.5 Å². The minimum atomic E-state index is -1.05. The van der Waals surface area contributed by atoms with Crippen LogP contribution in [-0.4, -0.2) is 86.4 Å². The normalized spacial score (nSPS) is 15.6. The SMILES string of the molecule is COC(=O)[C@@H](CCC(=O)CCCCCCC(=O)N1C[C@H](O)C[C@H]1COC(c1ccccc1)(c1ccc(OC)cc1)c1ccc(OC)cc1)NC(=O)OCc1ccccc1. The van der Waals surface area contributed by atoms with Gasteiger partial charge in [-0.3, -0.25) is 9.59 Å². The monoisotopic (exact) mass is 808 g/mol. The molecule has 12 nitrogen and oxygen atoms in total. The third-order valence-corrected chi connectivity index (χ3v) is 10.7. The maximum atomic E-state index is 13.6. The molecule has 1 aliphatic heterocycles. The van der Waals surface area contributed by atoms with Crippen molar-refractivity contribution in [3.63, 3.8) is 0 Å². The molecule has 0 unspecified atom stereocenters. The minimum Gasteiger partial charge on any atom is -0.497 e. The Morgan fingerprint density at radius 1 is 0.729 bits per heavy atom. The molecule has 0 aliphatic carbocycles. The van der Waals surface area contributed by atoms with Crippen molar-refractivity contribution < 1.29 is 48.0 Å². The van der Waals surface area contributed by atoms with Gasteiger partial charge < -0.3 is 39.0 Å². The molecule has 2 N–H and O–H groups in total. The van der Waals surface area contributed by atoms with Gasteiger partial charge in [0.2, 0.25) is 5.91 Å². The molecule has 4 aromatic rings. The molecule has 59 heavy (non-hydrogen) atoms. The molecule has 0 radical (unpaired) electrons. The van der Waals surface area contributed by atoms with Gasteiger partial charge in [0, 0.05) is 25.8 Å². The zero-order chi connectivity index (χ0) is 42.0. The van der Waals surface area contributed by atoms with Gasteiger partial charge in [-0.05, 0) is 72.2 Å². The zero-order valence-electron chi connectivity index (χ0n) is 34.2. The number of ether oxygens (including phenoxy) is 5. The summed E-state index contributed by atoms with van der Waals surface area (Å²) < 4.78 is 28.0. The number of methoxy groups -OCH3 is 3. The van der Waals surface area contributed by atoms with Gasteiger partial charge in [0.25, 0.3) is 0 Å². The van der Waals surface area contributed by atoms with Crippen LogP contribution in [0.1, 0.15) is 80.0 Å². The Labute approximate surface area is 346 Å². The molecule has 1 aliphatic rings. The number of ketones is 1. The van der Waals surface area contributed by atoms with Crippen LogP contribution in [0.5, 0.6) is 11.5 Å². The molecule has 3 atom stereocenters. The number of esters is 1. The van der Waals surface area contributed by atoms with Crippen LogP contribution in [0.3, 0.4) is 0 Å². The highest BCUT2D eigenvalue weighted by molar-refractivity contribution is 5.83. The maximum absolute atomic E-state index is 13.6. The lowest BCUT2D eigenvalue weighted by Crippen LogP contribution is -2.42. The summed E-state index contributed by atoms with van der Waals surface area (Å²) in [5.74, 6) is 0.701. The van der Waals surface area contributed by atoms with E-state index in [1.165, 1.54) is 7.11 Å². The van der Waals surface area contributed by atoms with E-state index in [9.17, 15) is 24.3 Å². The number of rotatable bonds is 22. The Hall–Kier alpha value is -5.72. The predicted molar refractivity (Wildman–Crippen MR) is 222 cm³/mol. The summed E-state index contributed by atoms with van der Waals surface area (Å²) in [5, 5.41) is 13.3. The largest absolute Gasteiger partial charge is 0.497 e. The Balaban J connectivity index is 1.12. The average molecular weight is 809 g/mol. The lowest BCUT2D eigenvalue weighted by atomic mass is 9.80. The van der Waals surface area contributed by atoms with Crippen LogP contribution >= 0.6 is 0 Å². The number of Topliss-reactive ketones (excluding diaryl/α,β-unsaturated/α-hetero) is 1. The Bertz CT molecular complexity index is 1870. The average Bonchev–Trinajstić information content (AvgIpc) is 3.66. The highest BCUT2D eigenvalue weighted by Crippen LogP contribution is 2.42. The van der Waals surface area contributed by atoms with E-state index in [1.54, 1.807) is 19.1 Å². The van der Waals surface area contributed by atoms with Gasteiger partial charge in [-0.15, -0.1) is 0 Å². The molecular weight excluding hydrogens is 753 g/mol. The van der Waals surface area contributed by atoms with Crippen molar-refractivity contribution in [2.24, 2.45) is 0 Å². The Kier molecular flexibility index (Phi) is 16.9. The quantitative estimate of drug-likeness (QED) is 0.0477. The summed E-state index contributed by atoms with van der Waals surface area (Å²) in [6.45, 7) is 0.461. The van der Waals surface area contributed by atoms with Gasteiger partial charge in [0.15, 0.2) is 0 Å². The van der Waals surface area contributed by atoms with E-state index in [4.69, 9.17) is 23.7 Å². The van der Waals surface area contributed by atoms with E-state index in [2.05, 4.69) is 5.32 Å². The summed E-state index contributed by atoms with van der Waals surface area (Å²) in [7, 11) is 4.48. The Morgan fingerprint density at radius 2 is 1.29 bits per heavy atom. The van der Waals surface area contributed by atoms with Crippen LogP contribution < -0.4 is 14.8 Å². The molecule has 1 fully saturated rings. The minimum absolute atomic E-state index is 0.0285. The van der Waals surface area contributed by atoms with E-state index in [0.29, 0.717) is 43.6 Å². The molecule has 0 bridgehead atoms. The lowest BCUT2D eigenvalue weighted by molar-refractivity contribution is -0.143. The number of nitrogens with one attached hydrogen (secondary N) is 1. The number of hydrogen-bond donors (Lipinski definition) is 2. The Morgan fingerprint density at radius 3 is 1.86 bits per heavy atom. The van der Waals surface area contributed by atoms with Crippen molar-refractivity contribution in [2.75, 3.05) is 34.5 Å². The highest BCUT2D eigenvalue weighted by Gasteiger charge is 2.41. The van der Waals surface area contributed by atoms with Crippen LogP contribution in [-0.2, 0) is 40.8 Å². The van der Waals surface area contributed by atoms with Crippen LogP contribution in [0.25, 0.3) is 0 Å². The number of carbonyl (C=O) groups is 4. The fraction of sp³-hybridized carbons (Fsp3) is 0.404. The number of aliphatic hydroxyl groups excluding tert-OH is 1. The van der Waals surface area contributed by atoms with Crippen LogP contribution in [0.15, 0.2) is 109 Å². The number of aliphatic hydroxyl groups is 1. The summed E-state index contributed by atoms with van der Waals surface area (Å²) in [4.78, 5) is 52.7. The smallest absolute Gasteiger partial charge is 0.408 e. The number of likely N-dealkylation sites (tertiary alicyclic amines) is 1. The molecule has 314 valence electrons. The van der Waals surface area contributed by atoms with Gasteiger partial charge >= 0.3 is 12.1 Å². The first-order valence-electron chi connectivity index (χ1n) is 20.2. The molecule has 4 aromatic carbocycles. The van der Waals surface area contributed by atoms with E-state index in [-0.39, 0.29) is 50.3 Å². The molecule has 2 amide bonds. The first kappa shape index (κ1) is 44.4. The van der Waals surface area contributed by atoms with Crippen LogP contribution in [0, 0.1) is 0 Å². The van der Waals surface area contributed by atoms with Gasteiger partial charge in [0.05, 0.1) is 40.1 Å². The summed E-state index contributed by atoms with van der Waals surface area (Å²) in [6.07, 6.45) is 2.57. The molecule has 1 saturated heterocycles. The second kappa shape index (κ2) is 22.4. The van der Waals surface area contributed by atoms with Crippen LogP contribution in [0.4, 0.5) is 4.79 Å². The number of hydrogen-bond acceptors (Lipinski definition) is 10. The fourth-order valence-corrected chi connectivity index (χ4v) is 7.48. The number of unbranched alkanes of at least 4 members (excludes halogenated alkanes) is 3. The fourth-order valence-electron chi connectivity index (χ4n) is 7.48. The third kappa shape index (κ3) is 12.4. The second-order valence-electron chi connectivity index (χ2n) is 14.7. The van der Waals surface area contributed by atoms with Gasteiger partial charge in [-0.2, -0.15) is 0 Å². The molecular formula is C47H56N2O10. The van der Waals surface area contributed by atoms with E-state index < -0.39 is 29.8 Å². The molecule has 1 heterocycles. The molecule has 12 heteroatoms. The summed E-state index contributed by atoms with van der Waals surface area (Å²) >= 11 is 0. The van der Waals surface area contributed by atoms with Crippen molar-refractivity contribution in [1.29, 1.82) is 0 Å². The standard InChI is InChI=1S/C47H56N2O10/c1-55-41-25-20-36(21-26-41)47(35-16-10-7-11-17-35,37-22-27-42(56-2)28-23-37)59-33-38-30-40(51)31-49(38)44(52)19-13-5-4-12-18-39(50)24-29-43(45(53)57-3)48-46(54)58-32-34-14-8-6-9-15-34/h6-11,14-17,20-23,25-28,38,40,43,51H,4-5,12-13,18-19,24,29-33H2,1-3H3,(H,48,54)/t38-,40+,43+/m0/s1. The zero-order valence-corrected chi connectivity index (χ0v) is 34.2. The number of benzene rings is 4. The van der Waals surface area contributed by atoms with E-state index in [1.807, 2.05) is 109 Å². The van der Waals surface area contributed by atoms with Crippen LogP contribution in [0.2, 0.25) is 0 Å². The first-order valence-corrected chi connectivity index (χ1v) is 20.2. The lowest BCUT2D eigenvalue weighted by Gasteiger charge is -2.38. The number of amides is 2. The summed E-state index contributed by atoms with van der Waals surface area (Å²) in [5.41, 5.74) is 2.42. The second-order valence-corrected chi connectivity index (χ2v) is 14.7. The van der Waals surface area contributed by atoms with Gasteiger partial charge in [-0.25, -0.2) is 9.59 Å². The molecule has 0 saturated carbocycles. The van der Waals surface area contributed by atoms with Crippen molar-refractivity contribution in [1.82, 2.24) is 10.2 Å². The molecule has 5 rings (SSSR count). The third-order valence-electron chi connectivity index (χ3n) is 10.7. The van der Waals surface area contributed by atoms with Gasteiger partial charge in [-0.1, -0.05) is 97.8 Å². The number of carbonyl (C=O) groups excluding carboxylic acids is 4. The number of alkyl carbamates (subject to hydrolysis) is 1. The maximum Gasteiger partial charge on any atom is 0.408 e. The first-order chi connectivity index (χ1) is 28.7. The number of nitrogens with zero attached hydrogens (tertiary/aromatic N) is 1. The molecule has 0 aromatic heterocycles. The van der Waals surface area contributed by atoms with E-state index in [0.717, 1.165) is 35.1 Å². The van der Waals surface area contributed by atoms with Crippen molar-refractivity contribution in [3.05, 3.63) is 131 Å². The van der Waals surface area contributed by atoms with E-state index >= 15 is 0 Å². The molecule has 0 spiro atoms.